The maximum Gasteiger partial charge on any atom is 0.227 e. The molecule has 1 atom stereocenters. The van der Waals surface area contributed by atoms with E-state index in [1.165, 1.54) is 6.42 Å². The maximum atomic E-state index is 12.5. The minimum atomic E-state index is 0.123. The number of hydrogen-bond acceptors (Lipinski definition) is 3. The van der Waals surface area contributed by atoms with Crippen LogP contribution in [0.25, 0.3) is 0 Å². The van der Waals surface area contributed by atoms with Gasteiger partial charge in [0.25, 0.3) is 0 Å². The monoisotopic (exact) mass is 293 g/mol. The topological polar surface area (TPSA) is 36.4 Å². The number of halogens is 1. The van der Waals surface area contributed by atoms with E-state index in [9.17, 15) is 4.79 Å². The number of likely N-dealkylation sites (tertiary alicyclic amines) is 1. The molecule has 0 radical (unpaired) electrons. The van der Waals surface area contributed by atoms with Crippen molar-refractivity contribution in [2.24, 2.45) is 5.92 Å². The molecule has 2 aliphatic heterocycles. The number of amides is 1. The summed E-state index contributed by atoms with van der Waals surface area (Å²) in [7, 11) is 0. The van der Waals surface area contributed by atoms with Crippen LogP contribution in [0.4, 0.5) is 5.69 Å². The van der Waals surface area contributed by atoms with E-state index in [0.29, 0.717) is 10.9 Å². The van der Waals surface area contributed by atoms with Gasteiger partial charge in [-0.2, -0.15) is 0 Å². The Labute approximate surface area is 124 Å². The van der Waals surface area contributed by atoms with Gasteiger partial charge >= 0.3 is 0 Å². The molecule has 2 fully saturated rings. The summed E-state index contributed by atoms with van der Waals surface area (Å²) < 4.78 is 0. The van der Waals surface area contributed by atoms with E-state index in [-0.39, 0.29) is 5.92 Å². The Balaban J connectivity index is 1.64. The van der Waals surface area contributed by atoms with Crippen LogP contribution in [0.1, 0.15) is 25.7 Å². The Morgan fingerprint density at radius 1 is 1.25 bits per heavy atom. The van der Waals surface area contributed by atoms with Crippen LogP contribution in [0.5, 0.6) is 0 Å². The Morgan fingerprint density at radius 3 is 2.80 bits per heavy atom. The van der Waals surface area contributed by atoms with Crippen molar-refractivity contribution in [1.29, 1.82) is 0 Å². The summed E-state index contributed by atoms with van der Waals surface area (Å²) in [5.74, 6) is 0.453. The molecule has 0 N–H and O–H groups in total. The summed E-state index contributed by atoms with van der Waals surface area (Å²) >= 11 is 6.18. The zero-order chi connectivity index (χ0) is 13.9. The van der Waals surface area contributed by atoms with Crippen LogP contribution in [0.2, 0.25) is 5.02 Å². The second-order valence-corrected chi connectivity index (χ2v) is 6.05. The third-order valence-corrected chi connectivity index (χ3v) is 4.59. The number of piperidine rings is 1. The van der Waals surface area contributed by atoms with Gasteiger partial charge in [0.05, 0.1) is 16.6 Å². The van der Waals surface area contributed by atoms with Crippen LogP contribution >= 0.6 is 11.6 Å². The molecular formula is C15H20ClN3O. The quantitative estimate of drug-likeness (QED) is 0.841. The highest BCUT2D eigenvalue weighted by atomic mass is 35.5. The second-order valence-electron chi connectivity index (χ2n) is 5.64. The van der Waals surface area contributed by atoms with Gasteiger partial charge in [0, 0.05) is 38.6 Å². The van der Waals surface area contributed by atoms with Gasteiger partial charge in [0.15, 0.2) is 0 Å². The lowest BCUT2D eigenvalue weighted by molar-refractivity contribution is -0.135. The van der Waals surface area contributed by atoms with Gasteiger partial charge in [-0.3, -0.25) is 9.78 Å². The molecule has 5 heteroatoms. The number of carbonyl (C=O) groups excluding carboxylic acids is 1. The van der Waals surface area contributed by atoms with Crippen molar-refractivity contribution in [2.75, 3.05) is 31.1 Å². The average molecular weight is 294 g/mol. The molecule has 0 spiro atoms. The van der Waals surface area contributed by atoms with Crippen LogP contribution in [-0.4, -0.2) is 42.0 Å². The van der Waals surface area contributed by atoms with E-state index in [1.807, 2.05) is 11.0 Å². The third-order valence-electron chi connectivity index (χ3n) is 4.30. The first kappa shape index (κ1) is 13.7. The number of hydrogen-bond donors (Lipinski definition) is 0. The van der Waals surface area contributed by atoms with Crippen LogP contribution in [-0.2, 0) is 4.79 Å². The van der Waals surface area contributed by atoms with Gasteiger partial charge in [-0.25, -0.2) is 0 Å². The van der Waals surface area contributed by atoms with Crippen molar-refractivity contribution in [1.82, 2.24) is 9.88 Å². The highest BCUT2D eigenvalue weighted by Gasteiger charge is 2.32. The number of anilines is 1. The van der Waals surface area contributed by atoms with Crippen LogP contribution in [0, 0.1) is 5.92 Å². The molecule has 0 bridgehead atoms. The molecule has 20 heavy (non-hydrogen) atoms. The van der Waals surface area contributed by atoms with Crippen molar-refractivity contribution in [3.8, 4) is 0 Å². The van der Waals surface area contributed by atoms with Crippen LogP contribution in [0.3, 0.4) is 0 Å². The molecule has 1 aromatic rings. The molecule has 0 aliphatic carbocycles. The SMILES string of the molecule is O=C(C1CCN(c2ccncc2Cl)C1)N1CCCCC1. The highest BCUT2D eigenvalue weighted by molar-refractivity contribution is 6.33. The van der Waals surface area contributed by atoms with Crippen molar-refractivity contribution in [3.63, 3.8) is 0 Å². The Bertz CT molecular complexity index is 488. The zero-order valence-corrected chi connectivity index (χ0v) is 12.4. The van der Waals surface area contributed by atoms with E-state index in [2.05, 4.69) is 9.88 Å². The predicted molar refractivity (Wildman–Crippen MR) is 80.0 cm³/mol. The molecule has 4 nitrogen and oxygen atoms in total. The molecule has 1 aromatic heterocycles. The summed E-state index contributed by atoms with van der Waals surface area (Å²) in [6.45, 7) is 3.55. The van der Waals surface area contributed by atoms with Gasteiger partial charge in [0.1, 0.15) is 0 Å². The number of pyridine rings is 1. The molecule has 3 rings (SSSR count). The predicted octanol–water partition coefficient (Wildman–Crippen LogP) is 2.57. The van der Waals surface area contributed by atoms with Gasteiger partial charge in [-0.1, -0.05) is 11.6 Å². The first-order chi connectivity index (χ1) is 9.75. The lowest BCUT2D eigenvalue weighted by Crippen LogP contribution is -2.40. The van der Waals surface area contributed by atoms with E-state index in [0.717, 1.165) is 51.1 Å². The van der Waals surface area contributed by atoms with Crippen molar-refractivity contribution < 1.29 is 4.79 Å². The van der Waals surface area contributed by atoms with E-state index in [4.69, 9.17) is 11.6 Å². The van der Waals surface area contributed by atoms with E-state index >= 15 is 0 Å². The minimum absolute atomic E-state index is 0.123. The smallest absolute Gasteiger partial charge is 0.227 e. The standard InChI is InChI=1S/C15H20ClN3O/c16-13-10-17-6-4-14(13)19-9-5-12(11-19)15(20)18-7-2-1-3-8-18/h4,6,10,12H,1-3,5,7-9,11H2. The van der Waals surface area contributed by atoms with Crippen LogP contribution in [0.15, 0.2) is 18.5 Å². The second kappa shape index (κ2) is 6.00. The van der Waals surface area contributed by atoms with Crippen molar-refractivity contribution in [3.05, 3.63) is 23.5 Å². The summed E-state index contributed by atoms with van der Waals surface area (Å²) in [5, 5.41) is 0.665. The fraction of sp³-hybridized carbons (Fsp3) is 0.600. The number of nitrogens with zero attached hydrogens (tertiary/aromatic N) is 3. The average Bonchev–Trinajstić information content (AvgIpc) is 2.97. The van der Waals surface area contributed by atoms with E-state index in [1.54, 1.807) is 12.4 Å². The summed E-state index contributed by atoms with van der Waals surface area (Å²) in [6.07, 6.45) is 7.90. The van der Waals surface area contributed by atoms with Crippen molar-refractivity contribution >= 4 is 23.2 Å². The molecule has 0 saturated carbocycles. The third kappa shape index (κ3) is 2.75. The molecule has 108 valence electrons. The number of carbonyl (C=O) groups is 1. The first-order valence-corrected chi connectivity index (χ1v) is 7.77. The van der Waals surface area contributed by atoms with E-state index < -0.39 is 0 Å². The largest absolute Gasteiger partial charge is 0.369 e. The Kier molecular flexibility index (Phi) is 4.10. The maximum absolute atomic E-state index is 12.5. The Morgan fingerprint density at radius 2 is 2.05 bits per heavy atom. The highest BCUT2D eigenvalue weighted by Crippen LogP contribution is 2.30. The number of aromatic nitrogens is 1. The van der Waals surface area contributed by atoms with Gasteiger partial charge in [-0.05, 0) is 31.7 Å². The minimum Gasteiger partial charge on any atom is -0.369 e. The normalized spacial score (nSPS) is 23.1. The van der Waals surface area contributed by atoms with Crippen LogP contribution < -0.4 is 4.90 Å². The number of rotatable bonds is 2. The lowest BCUT2D eigenvalue weighted by atomic mass is 10.0. The van der Waals surface area contributed by atoms with Gasteiger partial charge < -0.3 is 9.80 Å². The summed E-state index contributed by atoms with van der Waals surface area (Å²) in [6, 6.07) is 1.93. The summed E-state index contributed by atoms with van der Waals surface area (Å²) in [5.41, 5.74) is 0.996. The molecule has 0 aromatic carbocycles. The van der Waals surface area contributed by atoms with Gasteiger partial charge in [0.2, 0.25) is 5.91 Å². The fourth-order valence-electron chi connectivity index (χ4n) is 3.18. The van der Waals surface area contributed by atoms with Gasteiger partial charge in [-0.15, -0.1) is 0 Å². The first-order valence-electron chi connectivity index (χ1n) is 7.39. The molecular weight excluding hydrogens is 274 g/mol. The molecule has 1 unspecified atom stereocenters. The summed E-state index contributed by atoms with van der Waals surface area (Å²) in [4.78, 5) is 20.8. The molecule has 2 saturated heterocycles. The lowest BCUT2D eigenvalue weighted by Gasteiger charge is -2.29. The fourth-order valence-corrected chi connectivity index (χ4v) is 3.42. The molecule has 3 heterocycles. The van der Waals surface area contributed by atoms with Crippen molar-refractivity contribution in [2.45, 2.75) is 25.7 Å². The Hall–Kier alpha value is -1.29. The molecule has 2 aliphatic rings. The molecule has 1 amide bonds. The zero-order valence-electron chi connectivity index (χ0n) is 11.6.